The SMILES string of the molecule is COC(=O)c1sccc1S(=O)(=O)N1CC(C(=O)O)CCC1C. The second kappa shape index (κ2) is 6.35. The van der Waals surface area contributed by atoms with Crippen LogP contribution in [-0.4, -0.2) is 49.5 Å². The van der Waals surface area contributed by atoms with E-state index in [1.54, 1.807) is 6.92 Å². The third-order valence-electron chi connectivity index (χ3n) is 3.76. The molecule has 1 saturated heterocycles. The number of carbonyl (C=O) groups excluding carboxylic acids is 1. The van der Waals surface area contributed by atoms with E-state index in [0.717, 1.165) is 11.3 Å². The molecular formula is C13H17NO6S2. The molecule has 122 valence electrons. The molecule has 1 fully saturated rings. The number of hydrogen-bond acceptors (Lipinski definition) is 6. The summed E-state index contributed by atoms with van der Waals surface area (Å²) in [4.78, 5) is 22.7. The second-order valence-electron chi connectivity index (χ2n) is 5.14. The van der Waals surface area contributed by atoms with Crippen molar-refractivity contribution in [2.75, 3.05) is 13.7 Å². The molecule has 0 spiro atoms. The van der Waals surface area contributed by atoms with Crippen LogP contribution in [-0.2, 0) is 19.6 Å². The largest absolute Gasteiger partial charge is 0.481 e. The summed E-state index contributed by atoms with van der Waals surface area (Å²) in [5.74, 6) is -2.45. The average Bonchev–Trinajstić information content (AvgIpc) is 2.96. The second-order valence-corrected chi connectivity index (χ2v) is 7.92. The van der Waals surface area contributed by atoms with E-state index in [1.165, 1.54) is 22.9 Å². The molecule has 2 unspecified atom stereocenters. The first kappa shape index (κ1) is 16.9. The Hall–Kier alpha value is -1.45. The zero-order chi connectivity index (χ0) is 16.5. The van der Waals surface area contributed by atoms with Crippen LogP contribution in [0.5, 0.6) is 0 Å². The van der Waals surface area contributed by atoms with Gasteiger partial charge in [0.1, 0.15) is 9.77 Å². The fourth-order valence-corrected chi connectivity index (χ4v) is 5.50. The van der Waals surface area contributed by atoms with Gasteiger partial charge in [0, 0.05) is 12.6 Å². The summed E-state index contributed by atoms with van der Waals surface area (Å²) >= 11 is 0.985. The van der Waals surface area contributed by atoms with Crippen LogP contribution in [0.1, 0.15) is 29.4 Å². The molecule has 0 aliphatic carbocycles. The van der Waals surface area contributed by atoms with E-state index in [1.807, 2.05) is 0 Å². The van der Waals surface area contributed by atoms with Crippen molar-refractivity contribution in [3.63, 3.8) is 0 Å². The van der Waals surface area contributed by atoms with Crippen molar-refractivity contribution < 1.29 is 27.9 Å². The molecule has 7 nitrogen and oxygen atoms in total. The summed E-state index contributed by atoms with van der Waals surface area (Å²) in [6.45, 7) is 1.65. The Bertz CT molecular complexity index is 680. The van der Waals surface area contributed by atoms with Gasteiger partial charge in [0.25, 0.3) is 0 Å². The van der Waals surface area contributed by atoms with Crippen LogP contribution in [0.3, 0.4) is 0 Å². The first-order valence-corrected chi connectivity index (χ1v) is 9.01. The van der Waals surface area contributed by atoms with Gasteiger partial charge in [0.15, 0.2) is 0 Å². The van der Waals surface area contributed by atoms with E-state index in [-0.39, 0.29) is 22.4 Å². The number of piperidine rings is 1. The van der Waals surface area contributed by atoms with Gasteiger partial charge in [-0.25, -0.2) is 13.2 Å². The van der Waals surface area contributed by atoms with Gasteiger partial charge in [0.05, 0.1) is 13.0 Å². The Labute approximate surface area is 132 Å². The number of methoxy groups -OCH3 is 1. The van der Waals surface area contributed by atoms with Gasteiger partial charge in [-0.3, -0.25) is 4.79 Å². The number of aliphatic carboxylic acids is 1. The maximum Gasteiger partial charge on any atom is 0.349 e. The van der Waals surface area contributed by atoms with Gasteiger partial charge in [0.2, 0.25) is 10.0 Å². The van der Waals surface area contributed by atoms with Crippen LogP contribution < -0.4 is 0 Å². The molecule has 0 radical (unpaired) electrons. The average molecular weight is 347 g/mol. The summed E-state index contributed by atoms with van der Waals surface area (Å²) in [5, 5.41) is 10.6. The lowest BCUT2D eigenvalue weighted by molar-refractivity contribution is -0.143. The lowest BCUT2D eigenvalue weighted by Gasteiger charge is -2.35. The monoisotopic (exact) mass is 347 g/mol. The minimum atomic E-state index is -3.94. The first-order chi connectivity index (χ1) is 10.3. The molecule has 0 aromatic carbocycles. The van der Waals surface area contributed by atoms with E-state index >= 15 is 0 Å². The molecule has 2 heterocycles. The van der Waals surface area contributed by atoms with Gasteiger partial charge in [-0.2, -0.15) is 4.31 Å². The number of thiophene rings is 1. The number of sulfonamides is 1. The Morgan fingerprint density at radius 2 is 2.09 bits per heavy atom. The molecule has 1 aliphatic rings. The summed E-state index contributed by atoms with van der Waals surface area (Å²) < 4.78 is 31.4. The predicted octanol–water partition coefficient (Wildman–Crippen LogP) is 1.41. The fourth-order valence-electron chi connectivity index (χ4n) is 2.48. The van der Waals surface area contributed by atoms with Crippen molar-refractivity contribution in [3.8, 4) is 0 Å². The van der Waals surface area contributed by atoms with E-state index < -0.39 is 27.9 Å². The van der Waals surface area contributed by atoms with Crippen molar-refractivity contribution in [2.45, 2.75) is 30.7 Å². The zero-order valence-corrected chi connectivity index (χ0v) is 13.8. The van der Waals surface area contributed by atoms with Crippen LogP contribution >= 0.6 is 11.3 Å². The number of nitrogens with zero attached hydrogens (tertiary/aromatic N) is 1. The number of carboxylic acid groups (broad SMARTS) is 1. The highest BCUT2D eigenvalue weighted by Crippen LogP contribution is 2.31. The maximum absolute atomic E-state index is 12.8. The van der Waals surface area contributed by atoms with Gasteiger partial charge in [-0.1, -0.05) is 0 Å². The smallest absolute Gasteiger partial charge is 0.349 e. The summed E-state index contributed by atoms with van der Waals surface area (Å²) in [6.07, 6.45) is 0.907. The summed E-state index contributed by atoms with van der Waals surface area (Å²) in [6, 6.07) is 1.04. The molecule has 1 N–H and O–H groups in total. The number of esters is 1. The number of carboxylic acids is 1. The minimum Gasteiger partial charge on any atom is -0.481 e. The van der Waals surface area contributed by atoms with Gasteiger partial charge < -0.3 is 9.84 Å². The van der Waals surface area contributed by atoms with E-state index in [4.69, 9.17) is 5.11 Å². The van der Waals surface area contributed by atoms with E-state index in [9.17, 15) is 18.0 Å². The van der Waals surface area contributed by atoms with Crippen LogP contribution in [0.2, 0.25) is 0 Å². The molecule has 22 heavy (non-hydrogen) atoms. The predicted molar refractivity (Wildman–Crippen MR) is 79.4 cm³/mol. The van der Waals surface area contributed by atoms with Crippen molar-refractivity contribution in [1.29, 1.82) is 0 Å². The highest BCUT2D eigenvalue weighted by Gasteiger charge is 2.39. The fraction of sp³-hybridized carbons (Fsp3) is 0.538. The minimum absolute atomic E-state index is 0.00662. The van der Waals surface area contributed by atoms with Crippen molar-refractivity contribution >= 4 is 33.3 Å². The van der Waals surface area contributed by atoms with Gasteiger partial charge in [-0.05, 0) is 31.2 Å². The van der Waals surface area contributed by atoms with Crippen LogP contribution in [0, 0.1) is 5.92 Å². The zero-order valence-electron chi connectivity index (χ0n) is 12.2. The highest BCUT2D eigenvalue weighted by atomic mass is 32.2. The van der Waals surface area contributed by atoms with Crippen molar-refractivity contribution in [1.82, 2.24) is 4.31 Å². The molecule has 1 aromatic heterocycles. The number of ether oxygens (including phenoxy) is 1. The third kappa shape index (κ3) is 3.01. The topological polar surface area (TPSA) is 101 Å². The third-order valence-corrected chi connectivity index (χ3v) is 6.81. The molecule has 2 atom stereocenters. The molecule has 1 aliphatic heterocycles. The Kier molecular flexibility index (Phi) is 4.88. The molecule has 1 aromatic rings. The molecule has 9 heteroatoms. The standard InChI is InChI=1S/C13H17NO6S2/c1-8-3-4-9(12(15)16)7-14(8)22(18,19)10-5-6-21-11(10)13(17)20-2/h5-6,8-9H,3-4,7H2,1-2H3,(H,15,16). The highest BCUT2D eigenvalue weighted by molar-refractivity contribution is 7.89. The molecule has 0 bridgehead atoms. The number of carbonyl (C=O) groups is 2. The quantitative estimate of drug-likeness (QED) is 0.827. The van der Waals surface area contributed by atoms with Gasteiger partial charge in [-0.15, -0.1) is 11.3 Å². The summed E-state index contributed by atoms with van der Waals surface area (Å²) in [7, 11) is -2.76. The molecule has 2 rings (SSSR count). The number of hydrogen-bond donors (Lipinski definition) is 1. The first-order valence-electron chi connectivity index (χ1n) is 6.69. The van der Waals surface area contributed by atoms with Crippen LogP contribution in [0.25, 0.3) is 0 Å². The Morgan fingerprint density at radius 1 is 1.41 bits per heavy atom. The lowest BCUT2D eigenvalue weighted by Crippen LogP contribution is -2.47. The van der Waals surface area contributed by atoms with Crippen LogP contribution in [0.15, 0.2) is 16.3 Å². The van der Waals surface area contributed by atoms with Gasteiger partial charge >= 0.3 is 11.9 Å². The Morgan fingerprint density at radius 3 is 2.68 bits per heavy atom. The van der Waals surface area contributed by atoms with E-state index in [2.05, 4.69) is 4.74 Å². The van der Waals surface area contributed by atoms with Crippen molar-refractivity contribution in [2.24, 2.45) is 5.92 Å². The van der Waals surface area contributed by atoms with Crippen LogP contribution in [0.4, 0.5) is 0 Å². The maximum atomic E-state index is 12.8. The molecule has 0 saturated carbocycles. The lowest BCUT2D eigenvalue weighted by atomic mass is 9.96. The number of rotatable bonds is 4. The van der Waals surface area contributed by atoms with Crippen molar-refractivity contribution in [3.05, 3.63) is 16.3 Å². The summed E-state index contributed by atoms with van der Waals surface area (Å²) in [5.41, 5.74) is 0. The van der Waals surface area contributed by atoms with E-state index in [0.29, 0.717) is 12.8 Å². The Balaban J connectivity index is 2.39. The normalized spacial score (nSPS) is 23.2. The molecule has 0 amide bonds. The molecular weight excluding hydrogens is 330 g/mol.